The van der Waals surface area contributed by atoms with Gasteiger partial charge in [0.05, 0.1) is 16.0 Å². The highest BCUT2D eigenvalue weighted by molar-refractivity contribution is 7.89. The van der Waals surface area contributed by atoms with Crippen molar-refractivity contribution in [2.24, 2.45) is 5.14 Å². The number of pyridine rings is 1. The van der Waals surface area contributed by atoms with E-state index in [1.165, 1.54) is 24.3 Å². The number of ether oxygens (including phenoxy) is 2. The van der Waals surface area contributed by atoms with Crippen LogP contribution in [0, 0.1) is 0 Å². The molecule has 2 heterocycles. The normalized spacial score (nSPS) is 16.9. The zero-order valence-corrected chi connectivity index (χ0v) is 19.9. The van der Waals surface area contributed by atoms with Crippen LogP contribution in [0.1, 0.15) is 18.4 Å². The summed E-state index contributed by atoms with van der Waals surface area (Å²) in [7, 11) is -3.85. The number of carbonyl (C=O) groups excluding carboxylic acids is 1. The van der Waals surface area contributed by atoms with Gasteiger partial charge in [-0.25, -0.2) is 18.5 Å². The van der Waals surface area contributed by atoms with Crippen molar-refractivity contribution in [3.05, 3.63) is 78.4 Å². The molecule has 37 heavy (non-hydrogen) atoms. The highest BCUT2D eigenvalue weighted by Gasteiger charge is 2.53. The first-order valence-electron chi connectivity index (χ1n) is 11.3. The number of hydrogen-bond donors (Lipinski definition) is 2. The van der Waals surface area contributed by atoms with Crippen molar-refractivity contribution in [2.75, 3.05) is 5.32 Å². The lowest BCUT2D eigenvalue weighted by Gasteiger charge is -2.17. The van der Waals surface area contributed by atoms with Crippen LogP contribution in [0.5, 0.6) is 11.5 Å². The van der Waals surface area contributed by atoms with Crippen LogP contribution in [-0.2, 0) is 20.2 Å². The van der Waals surface area contributed by atoms with Crippen LogP contribution >= 0.6 is 0 Å². The number of nitrogens with zero attached hydrogens (tertiary/aromatic N) is 1. The number of rotatable bonds is 5. The predicted octanol–water partition coefficient (Wildman–Crippen LogP) is 4.54. The van der Waals surface area contributed by atoms with E-state index in [1.54, 1.807) is 24.3 Å². The van der Waals surface area contributed by atoms with Crippen LogP contribution in [0.15, 0.2) is 77.7 Å². The summed E-state index contributed by atoms with van der Waals surface area (Å²) in [5.74, 6) is -0.223. The van der Waals surface area contributed by atoms with Gasteiger partial charge in [-0.3, -0.25) is 4.79 Å². The fourth-order valence-corrected chi connectivity index (χ4v) is 5.06. The Morgan fingerprint density at radius 2 is 1.65 bits per heavy atom. The minimum absolute atomic E-state index is 0.0258. The molecule has 0 spiro atoms. The van der Waals surface area contributed by atoms with E-state index in [4.69, 9.17) is 5.14 Å². The number of alkyl halides is 2. The standard InChI is InChI=1S/C26H19F2N3O5S/c27-26(28)35-20-10-7-17(14-21(20)36-26)25(11-12-25)24(32)31-22-13-16-3-1-2-4-19(16)23(30-22)15-5-8-18(9-6-15)37(29,33)34/h1-10,13-14H,11-12H2,(H2,29,33,34)(H,30,31,32). The van der Waals surface area contributed by atoms with Gasteiger partial charge in [0, 0.05) is 10.9 Å². The van der Waals surface area contributed by atoms with Gasteiger partial charge in [0.2, 0.25) is 15.9 Å². The minimum Gasteiger partial charge on any atom is -0.395 e. The molecule has 0 radical (unpaired) electrons. The van der Waals surface area contributed by atoms with E-state index in [0.717, 1.165) is 10.8 Å². The highest BCUT2D eigenvalue weighted by atomic mass is 32.2. The van der Waals surface area contributed by atoms with Crippen molar-refractivity contribution in [2.45, 2.75) is 29.4 Å². The highest BCUT2D eigenvalue weighted by Crippen LogP contribution is 2.52. The number of carbonyl (C=O) groups is 1. The Morgan fingerprint density at radius 3 is 2.35 bits per heavy atom. The molecule has 8 nitrogen and oxygen atoms in total. The minimum atomic E-state index is -3.85. The topological polar surface area (TPSA) is 121 Å². The SMILES string of the molecule is NS(=O)(=O)c1ccc(-c2nc(NC(=O)C3(c4ccc5c(c4)OC(F)(F)O5)CC3)cc3ccccc23)cc1. The van der Waals surface area contributed by atoms with Gasteiger partial charge in [-0.05, 0) is 54.1 Å². The summed E-state index contributed by atoms with van der Waals surface area (Å²) in [6.07, 6.45) is -2.67. The van der Waals surface area contributed by atoms with Crippen LogP contribution in [0.25, 0.3) is 22.0 Å². The third-order valence-corrected chi connectivity index (χ3v) is 7.51. The molecule has 1 aliphatic carbocycles. The molecule has 1 aromatic heterocycles. The number of primary sulfonamides is 1. The first-order valence-corrected chi connectivity index (χ1v) is 12.8. The summed E-state index contributed by atoms with van der Waals surface area (Å²) < 4.78 is 59.2. The second kappa shape index (κ2) is 7.95. The first-order chi connectivity index (χ1) is 17.5. The van der Waals surface area contributed by atoms with Gasteiger partial charge < -0.3 is 14.8 Å². The van der Waals surface area contributed by atoms with Gasteiger partial charge in [-0.15, -0.1) is 8.78 Å². The third kappa shape index (κ3) is 4.15. The van der Waals surface area contributed by atoms with E-state index in [2.05, 4.69) is 19.8 Å². The number of anilines is 1. The van der Waals surface area contributed by atoms with E-state index in [0.29, 0.717) is 35.5 Å². The van der Waals surface area contributed by atoms with Crippen LogP contribution in [0.2, 0.25) is 0 Å². The molecule has 0 atom stereocenters. The molecule has 1 amide bonds. The van der Waals surface area contributed by atoms with Crippen molar-refractivity contribution in [3.8, 4) is 22.8 Å². The number of fused-ring (bicyclic) bond motifs is 2. The number of nitrogens with one attached hydrogen (secondary N) is 1. The molecule has 0 bridgehead atoms. The molecule has 11 heteroatoms. The third-order valence-electron chi connectivity index (χ3n) is 6.58. The number of amides is 1. The molecule has 6 rings (SSSR count). The summed E-state index contributed by atoms with van der Waals surface area (Å²) in [5.41, 5.74) is 0.827. The molecule has 0 saturated heterocycles. The first kappa shape index (κ1) is 23.3. The Hall–Kier alpha value is -4.09. The molecule has 1 aliphatic heterocycles. The molecule has 1 saturated carbocycles. The van der Waals surface area contributed by atoms with E-state index in [-0.39, 0.29) is 22.3 Å². The van der Waals surface area contributed by atoms with Gasteiger partial charge in [0.15, 0.2) is 11.5 Å². The van der Waals surface area contributed by atoms with E-state index < -0.39 is 21.7 Å². The lowest BCUT2D eigenvalue weighted by Crippen LogP contribution is -2.28. The van der Waals surface area contributed by atoms with Crippen LogP contribution in [-0.4, -0.2) is 25.6 Å². The Kier molecular flexibility index (Phi) is 5.01. The van der Waals surface area contributed by atoms with Gasteiger partial charge in [0.1, 0.15) is 5.82 Å². The second-order valence-electron chi connectivity index (χ2n) is 9.01. The van der Waals surface area contributed by atoms with Crippen molar-refractivity contribution in [1.29, 1.82) is 0 Å². The van der Waals surface area contributed by atoms with Crippen molar-refractivity contribution in [3.63, 3.8) is 0 Å². The molecule has 3 N–H and O–H groups in total. The monoisotopic (exact) mass is 523 g/mol. The molecule has 1 fully saturated rings. The Balaban J connectivity index is 1.34. The summed E-state index contributed by atoms with van der Waals surface area (Å²) in [6, 6.07) is 19.6. The number of aromatic nitrogens is 1. The Labute approximate surface area is 210 Å². The Morgan fingerprint density at radius 1 is 0.946 bits per heavy atom. The number of sulfonamides is 1. The molecule has 0 unspecified atom stereocenters. The number of halogens is 2. The zero-order chi connectivity index (χ0) is 26.0. The van der Waals surface area contributed by atoms with E-state index in [1.807, 2.05) is 24.3 Å². The summed E-state index contributed by atoms with van der Waals surface area (Å²) in [5, 5.41) is 9.71. The maximum Gasteiger partial charge on any atom is 0.586 e. The lowest BCUT2D eigenvalue weighted by atomic mass is 9.94. The quantitative estimate of drug-likeness (QED) is 0.396. The van der Waals surface area contributed by atoms with E-state index in [9.17, 15) is 22.0 Å². The average molecular weight is 524 g/mol. The number of benzene rings is 3. The zero-order valence-electron chi connectivity index (χ0n) is 19.1. The summed E-state index contributed by atoms with van der Waals surface area (Å²) in [6.45, 7) is 0. The van der Waals surface area contributed by atoms with Crippen molar-refractivity contribution in [1.82, 2.24) is 4.98 Å². The van der Waals surface area contributed by atoms with Crippen LogP contribution < -0.4 is 19.9 Å². The fourth-order valence-electron chi connectivity index (χ4n) is 4.54. The van der Waals surface area contributed by atoms with Crippen molar-refractivity contribution < 1.29 is 31.5 Å². The van der Waals surface area contributed by atoms with Gasteiger partial charge >= 0.3 is 6.29 Å². The predicted molar refractivity (Wildman–Crippen MR) is 131 cm³/mol. The van der Waals surface area contributed by atoms with Gasteiger partial charge in [-0.1, -0.05) is 42.5 Å². The smallest absolute Gasteiger partial charge is 0.395 e. The fraction of sp³-hybridized carbons (Fsp3) is 0.154. The molecular formula is C26H19F2N3O5S. The average Bonchev–Trinajstić information content (AvgIpc) is 3.60. The largest absolute Gasteiger partial charge is 0.586 e. The molecule has 188 valence electrons. The Bertz CT molecular complexity index is 1690. The van der Waals surface area contributed by atoms with Gasteiger partial charge in [0.25, 0.3) is 0 Å². The van der Waals surface area contributed by atoms with Crippen LogP contribution in [0.3, 0.4) is 0 Å². The maximum atomic E-state index is 13.4. The molecular weight excluding hydrogens is 504 g/mol. The van der Waals surface area contributed by atoms with Crippen molar-refractivity contribution >= 4 is 32.5 Å². The molecule has 3 aromatic carbocycles. The maximum absolute atomic E-state index is 13.4. The lowest BCUT2D eigenvalue weighted by molar-refractivity contribution is -0.286. The van der Waals surface area contributed by atoms with Crippen LogP contribution in [0.4, 0.5) is 14.6 Å². The summed E-state index contributed by atoms with van der Waals surface area (Å²) in [4.78, 5) is 18.0. The van der Waals surface area contributed by atoms with E-state index >= 15 is 0 Å². The molecule has 4 aromatic rings. The number of nitrogens with two attached hydrogens (primary N) is 1. The molecule has 2 aliphatic rings. The number of hydrogen-bond acceptors (Lipinski definition) is 6. The summed E-state index contributed by atoms with van der Waals surface area (Å²) >= 11 is 0. The van der Waals surface area contributed by atoms with Gasteiger partial charge in [-0.2, -0.15) is 0 Å². The second-order valence-corrected chi connectivity index (χ2v) is 10.6.